The molecule has 0 unspecified atom stereocenters. The Balaban J connectivity index is -0.000000148. The maximum atomic E-state index is 2.22. The predicted octanol–water partition coefficient (Wildman–Crippen LogP) is 14.7. The molecule has 5 rings (SSSR count). The normalized spacial score (nSPS) is 8.00. The molecule has 0 nitrogen and oxygen atoms in total. The lowest BCUT2D eigenvalue weighted by molar-refractivity contribution is 1.19. The Hall–Kier alpha value is -3.12. The molecule has 0 aromatic heterocycles. The zero-order valence-corrected chi connectivity index (χ0v) is 30.8. The van der Waals surface area contributed by atoms with Crippen molar-refractivity contribution in [3.63, 3.8) is 0 Å². The van der Waals surface area contributed by atoms with E-state index < -0.39 is 0 Å². The van der Waals surface area contributed by atoms with Crippen LogP contribution in [0.4, 0.5) is 0 Å². The Kier molecular flexibility index (Phi) is 49.0. The lowest BCUT2D eigenvalue weighted by Crippen LogP contribution is -1.85. The molecule has 0 amide bonds. The van der Waals surface area contributed by atoms with Gasteiger partial charge in [0.1, 0.15) is 0 Å². The fraction of sp³-hybridized carbons (Fsp3) is 0.429. The molecular weight excluding hydrogens is 504 g/mol. The fourth-order valence-electron chi connectivity index (χ4n) is 3.51. The predicted molar refractivity (Wildman–Crippen MR) is 201 cm³/mol. The van der Waals surface area contributed by atoms with Gasteiger partial charge in [-0.3, -0.25) is 0 Å². The van der Waals surface area contributed by atoms with Crippen LogP contribution < -0.4 is 0 Å². The first kappa shape index (κ1) is 48.6. The van der Waals surface area contributed by atoms with Crippen LogP contribution in [0.5, 0.6) is 0 Å². The minimum atomic E-state index is 1.03. The molecule has 0 heterocycles. The number of benzene rings is 4. The van der Waals surface area contributed by atoms with E-state index in [1.54, 1.807) is 0 Å². The van der Waals surface area contributed by atoms with E-state index in [0.717, 1.165) is 12.8 Å². The van der Waals surface area contributed by atoms with Crippen LogP contribution in [0.3, 0.4) is 0 Å². The summed E-state index contributed by atoms with van der Waals surface area (Å²) in [6.07, 6.45) is 2.13. The van der Waals surface area contributed by atoms with Gasteiger partial charge in [-0.25, -0.2) is 0 Å². The molecule has 238 valence electrons. The first-order chi connectivity index (χ1) is 20.9. The Bertz CT molecular complexity index is 888. The molecule has 0 fully saturated rings. The summed E-state index contributed by atoms with van der Waals surface area (Å²) in [4.78, 5) is 0. The maximum absolute atomic E-state index is 2.22. The van der Waals surface area contributed by atoms with Crippen molar-refractivity contribution in [1.29, 1.82) is 0 Å². The Morgan fingerprint density at radius 2 is 0.548 bits per heavy atom. The molecule has 4 aromatic carbocycles. The Labute approximate surface area is 265 Å². The Morgan fingerprint density at radius 3 is 0.833 bits per heavy atom. The van der Waals surface area contributed by atoms with Gasteiger partial charge < -0.3 is 0 Å². The summed E-state index contributed by atoms with van der Waals surface area (Å²) in [5.74, 6) is 0. The van der Waals surface area contributed by atoms with Crippen molar-refractivity contribution in [2.75, 3.05) is 0 Å². The van der Waals surface area contributed by atoms with E-state index in [9.17, 15) is 0 Å². The van der Waals surface area contributed by atoms with E-state index >= 15 is 0 Å². The highest BCUT2D eigenvalue weighted by Crippen LogP contribution is 2.35. The van der Waals surface area contributed by atoms with Gasteiger partial charge in [0, 0.05) is 0 Å². The van der Waals surface area contributed by atoms with Crippen molar-refractivity contribution in [2.45, 2.75) is 124 Å². The standard InChI is InChI=1S/C13H10.C13H12.8C2H6/c1-3-7-12-10(5-1)9-11-6-2-4-8-13(11)12;1-3-7-12(8-4-1)11-13-9-5-2-6-10-13;8*1-2/h1-8H,9H2;1-10H,11H2;8*1-2H3. The van der Waals surface area contributed by atoms with E-state index in [0.29, 0.717) is 0 Å². The third-order valence-corrected chi connectivity index (χ3v) is 4.80. The van der Waals surface area contributed by atoms with E-state index in [4.69, 9.17) is 0 Å². The quantitative estimate of drug-likeness (QED) is 0.197. The molecule has 0 saturated carbocycles. The Morgan fingerprint density at radius 1 is 0.310 bits per heavy atom. The first-order valence-corrected chi connectivity index (χ1v) is 17.1. The highest BCUT2D eigenvalue weighted by atomic mass is 14.2. The largest absolute Gasteiger partial charge is 0.0683 e. The number of hydrogen-bond acceptors (Lipinski definition) is 0. The van der Waals surface area contributed by atoms with Gasteiger partial charge in [-0.1, -0.05) is 220 Å². The molecule has 0 N–H and O–H groups in total. The van der Waals surface area contributed by atoms with Crippen molar-refractivity contribution < 1.29 is 0 Å². The van der Waals surface area contributed by atoms with Crippen LogP contribution in [0.25, 0.3) is 11.1 Å². The van der Waals surface area contributed by atoms with Crippen LogP contribution in [-0.4, -0.2) is 0 Å². The molecule has 0 aliphatic heterocycles. The van der Waals surface area contributed by atoms with Crippen LogP contribution in [0.15, 0.2) is 109 Å². The van der Waals surface area contributed by atoms with Crippen LogP contribution in [-0.2, 0) is 12.8 Å². The third kappa shape index (κ3) is 21.6. The molecule has 4 aromatic rings. The molecule has 0 saturated heterocycles. The highest BCUT2D eigenvalue weighted by Gasteiger charge is 2.15. The zero-order chi connectivity index (χ0) is 33.6. The van der Waals surface area contributed by atoms with Crippen LogP contribution in [0, 0.1) is 0 Å². The zero-order valence-electron chi connectivity index (χ0n) is 30.8. The average molecular weight is 575 g/mol. The van der Waals surface area contributed by atoms with E-state index in [-0.39, 0.29) is 0 Å². The molecule has 1 aliphatic carbocycles. The van der Waals surface area contributed by atoms with Gasteiger partial charge in [0.25, 0.3) is 0 Å². The van der Waals surface area contributed by atoms with Gasteiger partial charge >= 0.3 is 0 Å². The van der Waals surface area contributed by atoms with E-state index in [1.165, 1.54) is 33.4 Å². The third-order valence-electron chi connectivity index (χ3n) is 4.80. The van der Waals surface area contributed by atoms with E-state index in [2.05, 4.69) is 109 Å². The summed E-state index contributed by atoms with van der Waals surface area (Å²) in [5.41, 5.74) is 8.49. The molecule has 0 radical (unpaired) electrons. The van der Waals surface area contributed by atoms with Crippen LogP contribution in [0.1, 0.15) is 133 Å². The summed E-state index contributed by atoms with van der Waals surface area (Å²) in [5, 5.41) is 0. The van der Waals surface area contributed by atoms with Crippen molar-refractivity contribution in [1.82, 2.24) is 0 Å². The second-order valence-corrected chi connectivity index (χ2v) is 6.64. The molecule has 0 spiro atoms. The number of rotatable bonds is 2. The van der Waals surface area contributed by atoms with Crippen LogP contribution >= 0.6 is 0 Å². The molecule has 0 bridgehead atoms. The summed E-state index contributed by atoms with van der Waals surface area (Å²) in [6.45, 7) is 32.0. The second kappa shape index (κ2) is 42.3. The number of hydrogen-bond donors (Lipinski definition) is 0. The molecule has 0 atom stereocenters. The van der Waals surface area contributed by atoms with Gasteiger partial charge in [0.2, 0.25) is 0 Å². The van der Waals surface area contributed by atoms with Crippen molar-refractivity contribution in [2.24, 2.45) is 0 Å². The van der Waals surface area contributed by atoms with Gasteiger partial charge in [-0.2, -0.15) is 0 Å². The smallest absolute Gasteiger partial charge is 0.00135 e. The first-order valence-electron chi connectivity index (χ1n) is 17.1. The molecular formula is C42H70. The van der Waals surface area contributed by atoms with Crippen LogP contribution in [0.2, 0.25) is 0 Å². The van der Waals surface area contributed by atoms with Gasteiger partial charge in [0.15, 0.2) is 0 Å². The van der Waals surface area contributed by atoms with Crippen molar-refractivity contribution in [3.8, 4) is 11.1 Å². The molecule has 0 heteroatoms. The fourth-order valence-corrected chi connectivity index (χ4v) is 3.51. The number of fused-ring (bicyclic) bond motifs is 3. The monoisotopic (exact) mass is 575 g/mol. The molecule has 42 heavy (non-hydrogen) atoms. The summed E-state index contributed by atoms with van der Waals surface area (Å²) < 4.78 is 0. The van der Waals surface area contributed by atoms with E-state index in [1.807, 2.05) is 111 Å². The van der Waals surface area contributed by atoms with Gasteiger partial charge in [-0.15, -0.1) is 0 Å². The highest BCUT2D eigenvalue weighted by molar-refractivity contribution is 5.76. The van der Waals surface area contributed by atoms with Crippen molar-refractivity contribution in [3.05, 3.63) is 131 Å². The van der Waals surface area contributed by atoms with Gasteiger partial charge in [0.05, 0.1) is 0 Å². The second-order valence-electron chi connectivity index (χ2n) is 6.64. The lowest BCUT2D eigenvalue weighted by Gasteiger charge is -2.00. The SMILES string of the molecule is CC.CC.CC.CC.CC.CC.CC.CC.c1ccc(Cc2ccccc2)cc1.c1ccc2c(c1)Cc1ccccc1-2. The topological polar surface area (TPSA) is 0 Å². The maximum Gasteiger partial charge on any atom is -0.00135 e. The molecule has 1 aliphatic rings. The van der Waals surface area contributed by atoms with Gasteiger partial charge in [-0.05, 0) is 46.2 Å². The van der Waals surface area contributed by atoms with Crippen molar-refractivity contribution >= 4 is 0 Å². The minimum Gasteiger partial charge on any atom is -0.0683 e. The summed E-state index contributed by atoms with van der Waals surface area (Å²) in [7, 11) is 0. The lowest BCUT2D eigenvalue weighted by atomic mass is 10.1. The minimum absolute atomic E-state index is 1.03. The summed E-state index contributed by atoms with van der Waals surface area (Å²) in [6, 6.07) is 38.4. The summed E-state index contributed by atoms with van der Waals surface area (Å²) >= 11 is 0. The average Bonchev–Trinajstić information content (AvgIpc) is 3.52.